The molecule has 1 aromatic carbocycles. The average molecular weight is 440 g/mol. The quantitative estimate of drug-likeness (QED) is 0.617. The number of para-hydroxylation sites is 1. The van der Waals surface area contributed by atoms with Crippen LogP contribution in [0.15, 0.2) is 36.7 Å². The van der Waals surface area contributed by atoms with Crippen LogP contribution in [0.25, 0.3) is 10.2 Å². The van der Waals surface area contributed by atoms with Crippen LogP contribution in [0.4, 0.5) is 16.3 Å². The van der Waals surface area contributed by atoms with E-state index < -0.39 is 0 Å². The number of ether oxygens (including phenoxy) is 1. The van der Waals surface area contributed by atoms with E-state index >= 15 is 0 Å². The van der Waals surface area contributed by atoms with Crippen molar-refractivity contribution in [2.24, 2.45) is 0 Å². The molecule has 1 aliphatic heterocycles. The molecular weight excluding hydrogens is 414 g/mol. The maximum Gasteiger partial charge on any atom is 0.409 e. The van der Waals surface area contributed by atoms with Crippen LogP contribution in [0.2, 0.25) is 0 Å². The molecular formula is C22H25N5O3S. The van der Waals surface area contributed by atoms with E-state index in [2.05, 4.69) is 9.97 Å². The number of aromatic nitrogens is 2. The Bertz CT molecular complexity index is 1090. The summed E-state index contributed by atoms with van der Waals surface area (Å²) in [7, 11) is 1.96. The minimum absolute atomic E-state index is 0.0303. The van der Waals surface area contributed by atoms with Crippen molar-refractivity contribution < 1.29 is 14.3 Å². The van der Waals surface area contributed by atoms with Gasteiger partial charge in [0.15, 0.2) is 0 Å². The van der Waals surface area contributed by atoms with Gasteiger partial charge in [0.25, 0.3) is 5.91 Å². The van der Waals surface area contributed by atoms with E-state index in [4.69, 9.17) is 4.74 Å². The van der Waals surface area contributed by atoms with Gasteiger partial charge in [-0.1, -0.05) is 18.2 Å². The monoisotopic (exact) mass is 439 g/mol. The van der Waals surface area contributed by atoms with Crippen molar-refractivity contribution in [3.05, 3.63) is 47.1 Å². The van der Waals surface area contributed by atoms with Crippen molar-refractivity contribution in [1.29, 1.82) is 0 Å². The van der Waals surface area contributed by atoms with Crippen LogP contribution < -0.4 is 4.90 Å². The number of aryl methyl sites for hydroxylation is 1. The number of rotatable bonds is 4. The smallest absolute Gasteiger partial charge is 0.409 e. The topological polar surface area (TPSA) is 78.9 Å². The summed E-state index contributed by atoms with van der Waals surface area (Å²) >= 11 is 1.39. The summed E-state index contributed by atoms with van der Waals surface area (Å²) in [5.74, 6) is 0.744. The van der Waals surface area contributed by atoms with E-state index in [0.29, 0.717) is 37.7 Å². The van der Waals surface area contributed by atoms with E-state index in [9.17, 15) is 9.59 Å². The highest BCUT2D eigenvalue weighted by molar-refractivity contribution is 7.20. The highest BCUT2D eigenvalue weighted by Gasteiger charge is 2.29. The summed E-state index contributed by atoms with van der Waals surface area (Å²) in [6.07, 6.45) is 1.22. The average Bonchev–Trinajstić information content (AvgIpc) is 3.15. The summed E-state index contributed by atoms with van der Waals surface area (Å²) in [5, 5.41) is 0.896. The number of thiophene rings is 1. The van der Waals surface area contributed by atoms with Gasteiger partial charge in [0.2, 0.25) is 0 Å². The van der Waals surface area contributed by atoms with Crippen molar-refractivity contribution in [2.45, 2.75) is 13.8 Å². The van der Waals surface area contributed by atoms with E-state index in [1.807, 2.05) is 49.2 Å². The van der Waals surface area contributed by atoms with Crippen molar-refractivity contribution >= 4 is 45.1 Å². The minimum atomic E-state index is -0.323. The molecule has 162 valence electrons. The molecule has 0 atom stereocenters. The molecule has 1 aliphatic rings. The molecule has 1 saturated heterocycles. The third kappa shape index (κ3) is 4.05. The Balaban J connectivity index is 1.59. The fourth-order valence-corrected chi connectivity index (χ4v) is 4.85. The second-order valence-electron chi connectivity index (χ2n) is 7.31. The maximum absolute atomic E-state index is 13.3. The first kappa shape index (κ1) is 21.0. The maximum atomic E-state index is 13.3. The fourth-order valence-electron chi connectivity index (χ4n) is 3.74. The predicted octanol–water partition coefficient (Wildman–Crippen LogP) is 3.68. The molecule has 31 heavy (non-hydrogen) atoms. The first-order valence-corrected chi connectivity index (χ1v) is 11.1. The van der Waals surface area contributed by atoms with Crippen LogP contribution in [0.1, 0.15) is 22.2 Å². The van der Waals surface area contributed by atoms with Gasteiger partial charge < -0.3 is 19.4 Å². The fraction of sp³-hybridized carbons (Fsp3) is 0.364. The van der Waals surface area contributed by atoms with E-state index in [-0.39, 0.29) is 12.0 Å². The molecule has 0 bridgehead atoms. The minimum Gasteiger partial charge on any atom is -0.450 e. The Morgan fingerprint density at radius 2 is 1.77 bits per heavy atom. The second kappa shape index (κ2) is 8.89. The molecule has 0 aliphatic carbocycles. The highest BCUT2D eigenvalue weighted by atomic mass is 32.1. The molecule has 0 spiro atoms. The van der Waals surface area contributed by atoms with Gasteiger partial charge in [-0.15, -0.1) is 11.3 Å². The van der Waals surface area contributed by atoms with Crippen LogP contribution >= 0.6 is 11.3 Å². The SMILES string of the molecule is CCOC(=O)N1CCN(C(=O)c2sc3ncnc(N(C)c4ccccc4)c3c2C)CC1. The lowest BCUT2D eigenvalue weighted by Crippen LogP contribution is -2.50. The molecule has 8 nitrogen and oxygen atoms in total. The van der Waals surface area contributed by atoms with Crippen LogP contribution in [0, 0.1) is 6.92 Å². The number of piperazine rings is 1. The van der Waals surface area contributed by atoms with Crippen LogP contribution in [0.3, 0.4) is 0 Å². The van der Waals surface area contributed by atoms with Crippen molar-refractivity contribution in [3.63, 3.8) is 0 Å². The van der Waals surface area contributed by atoms with Crippen molar-refractivity contribution in [2.75, 3.05) is 44.7 Å². The number of anilines is 2. The Morgan fingerprint density at radius 3 is 2.45 bits per heavy atom. The molecule has 9 heteroatoms. The third-order valence-corrected chi connectivity index (χ3v) is 6.64. The van der Waals surface area contributed by atoms with Gasteiger partial charge in [0.05, 0.1) is 16.9 Å². The number of hydrogen-bond donors (Lipinski definition) is 0. The lowest BCUT2D eigenvalue weighted by atomic mass is 10.1. The normalized spacial score (nSPS) is 14.0. The predicted molar refractivity (Wildman–Crippen MR) is 121 cm³/mol. The summed E-state index contributed by atoms with van der Waals surface area (Å²) in [6, 6.07) is 9.97. The zero-order valence-electron chi connectivity index (χ0n) is 17.9. The molecule has 0 unspecified atom stereocenters. The zero-order valence-corrected chi connectivity index (χ0v) is 18.7. The van der Waals surface area contributed by atoms with Gasteiger partial charge in [-0.3, -0.25) is 4.79 Å². The molecule has 4 rings (SSSR count). The van der Waals surface area contributed by atoms with E-state index in [1.54, 1.807) is 23.1 Å². The molecule has 0 N–H and O–H groups in total. The lowest BCUT2D eigenvalue weighted by molar-refractivity contribution is 0.0574. The van der Waals surface area contributed by atoms with Crippen LogP contribution in [-0.2, 0) is 4.74 Å². The van der Waals surface area contributed by atoms with Gasteiger partial charge in [0.1, 0.15) is 17.0 Å². The molecule has 3 aromatic rings. The number of carbonyl (C=O) groups is 2. The lowest BCUT2D eigenvalue weighted by Gasteiger charge is -2.33. The molecule has 0 radical (unpaired) electrons. The molecule has 0 saturated carbocycles. The Labute approximate surface area is 185 Å². The molecule has 1 fully saturated rings. The van der Waals surface area contributed by atoms with Gasteiger partial charge in [-0.25, -0.2) is 14.8 Å². The van der Waals surface area contributed by atoms with Gasteiger partial charge in [-0.2, -0.15) is 0 Å². The van der Waals surface area contributed by atoms with Crippen LogP contribution in [0.5, 0.6) is 0 Å². The van der Waals surface area contributed by atoms with E-state index in [0.717, 1.165) is 27.3 Å². The van der Waals surface area contributed by atoms with Gasteiger partial charge in [-0.05, 0) is 31.5 Å². The number of fused-ring (bicyclic) bond motifs is 1. The molecule has 2 aromatic heterocycles. The highest BCUT2D eigenvalue weighted by Crippen LogP contribution is 2.37. The standard InChI is InChI=1S/C22H25N5O3S/c1-4-30-22(29)27-12-10-26(11-13-27)21(28)18-15(2)17-19(23-14-24-20(17)31-18)25(3)16-8-6-5-7-9-16/h5-9,14H,4,10-13H2,1-3H3. The molecule has 3 heterocycles. The summed E-state index contributed by atoms with van der Waals surface area (Å²) in [5.41, 5.74) is 1.90. The second-order valence-corrected chi connectivity index (χ2v) is 8.31. The summed E-state index contributed by atoms with van der Waals surface area (Å²) < 4.78 is 5.06. The van der Waals surface area contributed by atoms with Crippen molar-refractivity contribution in [3.8, 4) is 0 Å². The Hall–Kier alpha value is -3.20. The van der Waals surface area contributed by atoms with Gasteiger partial charge in [0, 0.05) is 38.9 Å². The Morgan fingerprint density at radius 1 is 1.10 bits per heavy atom. The van der Waals surface area contributed by atoms with Crippen molar-refractivity contribution in [1.82, 2.24) is 19.8 Å². The van der Waals surface area contributed by atoms with Crippen LogP contribution in [-0.4, -0.2) is 71.6 Å². The van der Waals surface area contributed by atoms with Gasteiger partial charge >= 0.3 is 6.09 Å². The number of nitrogens with zero attached hydrogens (tertiary/aromatic N) is 5. The molecule has 2 amide bonds. The Kier molecular flexibility index (Phi) is 6.03. The first-order valence-electron chi connectivity index (χ1n) is 10.2. The summed E-state index contributed by atoms with van der Waals surface area (Å²) in [4.78, 5) is 41.0. The zero-order chi connectivity index (χ0) is 22.0. The largest absolute Gasteiger partial charge is 0.450 e. The number of amides is 2. The third-order valence-electron chi connectivity index (χ3n) is 5.46. The first-order chi connectivity index (χ1) is 15.0. The number of benzene rings is 1. The number of hydrogen-bond acceptors (Lipinski definition) is 7. The summed E-state index contributed by atoms with van der Waals surface area (Å²) in [6.45, 7) is 5.98. The number of carbonyl (C=O) groups excluding carboxylic acids is 2. The van der Waals surface area contributed by atoms with E-state index in [1.165, 1.54) is 11.3 Å².